The van der Waals surface area contributed by atoms with E-state index in [4.69, 9.17) is 23.7 Å². The number of aryl methyl sites for hydroxylation is 1. The number of methoxy groups -OCH3 is 1. The fourth-order valence-corrected chi connectivity index (χ4v) is 8.59. The Labute approximate surface area is 304 Å². The van der Waals surface area contributed by atoms with E-state index in [0.717, 1.165) is 11.1 Å². The van der Waals surface area contributed by atoms with Gasteiger partial charge in [0.2, 0.25) is 12.7 Å². The molecule has 6 rings (SSSR count). The molecule has 2 amide bonds. The van der Waals surface area contributed by atoms with Gasteiger partial charge in [-0.15, -0.1) is 0 Å². The lowest BCUT2D eigenvalue weighted by atomic mass is 9.71. The van der Waals surface area contributed by atoms with Crippen molar-refractivity contribution >= 4 is 18.0 Å². The number of rotatable bonds is 7. The fraction of sp³-hybridized carbons (Fsp3) is 0.579. The normalized spacial score (nSPS) is 23.8. The number of fused-ring (bicyclic) bond motifs is 9. The highest BCUT2D eigenvalue weighted by atomic mass is 16.7. The number of piperazine rings is 1. The number of aromatic hydroxyl groups is 1. The Kier molecular flexibility index (Phi) is 9.73. The molecule has 14 heteroatoms. The van der Waals surface area contributed by atoms with Crippen molar-refractivity contribution in [3.63, 3.8) is 0 Å². The van der Waals surface area contributed by atoms with Crippen LogP contribution in [0.4, 0.5) is 4.79 Å². The van der Waals surface area contributed by atoms with Crippen LogP contribution in [0.15, 0.2) is 6.07 Å². The largest absolute Gasteiger partial charge is 0.504 e. The number of carbonyl (C=O) groups excluding carboxylic acids is 3. The van der Waals surface area contributed by atoms with Crippen molar-refractivity contribution in [2.24, 2.45) is 5.92 Å². The average Bonchev–Trinajstić information content (AvgIpc) is 3.54. The van der Waals surface area contributed by atoms with E-state index in [0.29, 0.717) is 58.1 Å². The van der Waals surface area contributed by atoms with Crippen LogP contribution < -0.4 is 29.6 Å². The van der Waals surface area contributed by atoms with E-state index in [1.165, 1.54) is 14.0 Å². The first kappa shape index (κ1) is 37.0. The molecule has 0 radical (unpaired) electrons. The number of nitrogens with zero attached hydrogens (tertiary/aromatic N) is 3. The Balaban J connectivity index is 1.50. The minimum atomic E-state index is -0.924. The van der Waals surface area contributed by atoms with E-state index in [1.54, 1.807) is 27.7 Å². The minimum Gasteiger partial charge on any atom is -0.504 e. The van der Waals surface area contributed by atoms with Crippen LogP contribution in [0.3, 0.4) is 0 Å². The molecular formula is C38H49N5O9. The minimum absolute atomic E-state index is 0.0112. The zero-order valence-electron chi connectivity index (χ0n) is 31.5. The second-order valence-electron chi connectivity index (χ2n) is 15.5. The summed E-state index contributed by atoms with van der Waals surface area (Å²) >= 11 is 0. The summed E-state index contributed by atoms with van der Waals surface area (Å²) in [4.78, 5) is 43.6. The van der Waals surface area contributed by atoms with E-state index >= 15 is 0 Å². The summed E-state index contributed by atoms with van der Waals surface area (Å²) in [5.74, 6) is 0.445. The van der Waals surface area contributed by atoms with Crippen molar-refractivity contribution in [1.82, 2.24) is 20.4 Å². The van der Waals surface area contributed by atoms with Crippen LogP contribution in [0.2, 0.25) is 0 Å². The van der Waals surface area contributed by atoms with Gasteiger partial charge in [-0.25, -0.2) is 4.79 Å². The monoisotopic (exact) mass is 719 g/mol. The molecule has 2 aromatic carbocycles. The third-order valence-electron chi connectivity index (χ3n) is 10.6. The number of likely N-dealkylation sites (N-methyl/N-ethyl adjacent to an activating group) is 1. The van der Waals surface area contributed by atoms with Gasteiger partial charge in [0.15, 0.2) is 23.0 Å². The first-order valence-electron chi connectivity index (χ1n) is 17.7. The Morgan fingerprint density at radius 2 is 1.79 bits per heavy atom. The van der Waals surface area contributed by atoms with Gasteiger partial charge < -0.3 is 39.4 Å². The first-order valence-corrected chi connectivity index (χ1v) is 17.7. The lowest BCUT2D eigenvalue weighted by molar-refractivity contribution is -0.132. The zero-order valence-corrected chi connectivity index (χ0v) is 31.5. The number of nitriles is 1. The SMILES string of the molecule is COc1c(C)cc2c(c1O)[C@@H]1C3Cc4c(OC(C)=O)c(C)c5c(c4[C@H](CNC(=O)[C@H](NC(=O)OC(C)(C)C)C(C)C)N3[C@@H](C#N)[C@H](C2)N1C)OCO5. The molecule has 2 bridgehead atoms. The number of esters is 1. The van der Waals surface area contributed by atoms with E-state index in [1.807, 2.05) is 33.9 Å². The Morgan fingerprint density at radius 1 is 1.10 bits per heavy atom. The quantitative estimate of drug-likeness (QED) is 0.277. The van der Waals surface area contributed by atoms with Gasteiger partial charge in [-0.3, -0.25) is 19.4 Å². The van der Waals surface area contributed by atoms with Gasteiger partial charge in [-0.1, -0.05) is 19.9 Å². The van der Waals surface area contributed by atoms with Crippen molar-refractivity contribution in [2.45, 2.75) is 110 Å². The highest BCUT2D eigenvalue weighted by Crippen LogP contribution is 2.58. The highest BCUT2D eigenvalue weighted by Gasteiger charge is 2.57. The second kappa shape index (κ2) is 13.7. The maximum absolute atomic E-state index is 14.0. The van der Waals surface area contributed by atoms with Crippen molar-refractivity contribution in [3.8, 4) is 34.8 Å². The van der Waals surface area contributed by atoms with Crippen LogP contribution in [0.25, 0.3) is 0 Å². The third kappa shape index (κ3) is 6.23. The van der Waals surface area contributed by atoms with Crippen LogP contribution >= 0.6 is 0 Å². The number of benzene rings is 2. The molecule has 14 nitrogen and oxygen atoms in total. The van der Waals surface area contributed by atoms with Gasteiger partial charge in [0, 0.05) is 47.8 Å². The summed E-state index contributed by atoms with van der Waals surface area (Å²) in [5.41, 5.74) is 3.63. The molecule has 1 unspecified atom stereocenters. The first-order chi connectivity index (χ1) is 24.5. The molecule has 0 spiro atoms. The number of alkyl carbamates (subject to hydrolysis) is 1. The lowest BCUT2D eigenvalue weighted by Crippen LogP contribution is -2.69. The summed E-state index contributed by atoms with van der Waals surface area (Å²) in [5, 5.41) is 28.5. The molecular weight excluding hydrogens is 670 g/mol. The highest BCUT2D eigenvalue weighted by molar-refractivity contribution is 5.86. The van der Waals surface area contributed by atoms with Crippen LogP contribution in [-0.4, -0.2) is 90.1 Å². The van der Waals surface area contributed by atoms with Crippen LogP contribution in [-0.2, 0) is 27.2 Å². The molecule has 0 saturated carbocycles. The van der Waals surface area contributed by atoms with E-state index in [2.05, 4.69) is 26.5 Å². The summed E-state index contributed by atoms with van der Waals surface area (Å²) < 4.78 is 29.1. The standard InChI is InChI=1S/C38H49N5O9/c1-17(2)29(41-37(47)52-38(6,7)8)36(46)40-15-26-28-22(33(51-20(5)44)19(4)34-35(28)50-16-49-34)13-24-30-27-21(11-18(3)32(48-10)31(27)45)12-23(42(30)9)25(14-39)43(24)26/h11,17,23-26,29-30,45H,12-13,15-16H2,1-10H3,(H,40,46)(H,41,47)/t23-,24?,25-,26-,29+,30-/m0/s1. The van der Waals surface area contributed by atoms with Gasteiger partial charge in [0.1, 0.15) is 23.4 Å². The second-order valence-corrected chi connectivity index (χ2v) is 15.5. The molecule has 0 aliphatic carbocycles. The van der Waals surface area contributed by atoms with Gasteiger partial charge in [-0.2, -0.15) is 5.26 Å². The average molecular weight is 720 g/mol. The maximum Gasteiger partial charge on any atom is 0.408 e. The van der Waals surface area contributed by atoms with Gasteiger partial charge >= 0.3 is 12.1 Å². The lowest BCUT2D eigenvalue weighted by Gasteiger charge is -2.60. The molecule has 52 heavy (non-hydrogen) atoms. The fourth-order valence-electron chi connectivity index (χ4n) is 8.59. The molecule has 0 aromatic heterocycles. The van der Waals surface area contributed by atoms with Crippen LogP contribution in [0.5, 0.6) is 28.7 Å². The van der Waals surface area contributed by atoms with E-state index < -0.39 is 53.8 Å². The molecule has 4 heterocycles. The van der Waals surface area contributed by atoms with E-state index in [-0.39, 0.29) is 31.0 Å². The number of amides is 2. The number of phenolic OH excluding ortho intramolecular Hbond substituents is 1. The molecule has 2 aromatic rings. The third-order valence-corrected chi connectivity index (χ3v) is 10.6. The summed E-state index contributed by atoms with van der Waals surface area (Å²) in [6, 6.07) is 1.24. The molecule has 6 atom stereocenters. The van der Waals surface area contributed by atoms with Gasteiger partial charge in [0.05, 0.1) is 25.3 Å². The maximum atomic E-state index is 14.0. The molecule has 4 aliphatic heterocycles. The van der Waals surface area contributed by atoms with Crippen LogP contribution in [0.1, 0.15) is 87.0 Å². The Hall–Kier alpha value is -4.74. The molecule has 4 aliphatic rings. The summed E-state index contributed by atoms with van der Waals surface area (Å²) in [6.07, 6.45) is 0.104. The topological polar surface area (TPSA) is 172 Å². The number of hydrogen-bond acceptors (Lipinski definition) is 12. The number of hydrogen-bond donors (Lipinski definition) is 3. The Morgan fingerprint density at radius 3 is 2.40 bits per heavy atom. The van der Waals surface area contributed by atoms with E-state index in [9.17, 15) is 24.8 Å². The van der Waals surface area contributed by atoms with Crippen molar-refractivity contribution in [3.05, 3.63) is 39.4 Å². The zero-order chi connectivity index (χ0) is 38.0. The predicted molar refractivity (Wildman–Crippen MR) is 188 cm³/mol. The Bertz CT molecular complexity index is 1850. The molecule has 280 valence electrons. The number of ether oxygens (including phenoxy) is 5. The number of nitrogens with one attached hydrogen (secondary N) is 2. The predicted octanol–water partition coefficient (Wildman–Crippen LogP) is 4.11. The van der Waals surface area contributed by atoms with Crippen molar-refractivity contribution in [2.75, 3.05) is 27.5 Å². The summed E-state index contributed by atoms with van der Waals surface area (Å²) in [7, 11) is 3.49. The number of carbonyl (C=O) groups is 3. The number of phenols is 1. The van der Waals surface area contributed by atoms with Crippen molar-refractivity contribution < 1.29 is 43.2 Å². The molecule has 1 fully saturated rings. The smallest absolute Gasteiger partial charge is 0.408 e. The molecule has 1 saturated heterocycles. The van der Waals surface area contributed by atoms with Crippen molar-refractivity contribution in [1.29, 1.82) is 5.26 Å². The van der Waals surface area contributed by atoms with Gasteiger partial charge in [-0.05, 0) is 71.6 Å². The summed E-state index contributed by atoms with van der Waals surface area (Å²) in [6.45, 7) is 13.9. The van der Waals surface area contributed by atoms with Gasteiger partial charge in [0.25, 0.3) is 0 Å². The van der Waals surface area contributed by atoms with Crippen LogP contribution in [0, 0.1) is 31.1 Å². The molecule has 3 N–H and O–H groups in total.